The molecule has 0 saturated carbocycles. The molecule has 0 aromatic heterocycles. The largest absolute Gasteiger partial charge is 0.497 e. The van der Waals surface area contributed by atoms with E-state index in [2.05, 4.69) is 31.8 Å². The summed E-state index contributed by atoms with van der Waals surface area (Å²) in [4.78, 5) is 23.8. The quantitative estimate of drug-likeness (QED) is 0.493. The summed E-state index contributed by atoms with van der Waals surface area (Å²) in [5.74, 6) is 0.625. The lowest BCUT2D eigenvalue weighted by Gasteiger charge is -2.07. The highest BCUT2D eigenvalue weighted by atomic mass is 79.9. The molecule has 0 aliphatic heterocycles. The topological polar surface area (TPSA) is 89.0 Å². The van der Waals surface area contributed by atoms with Gasteiger partial charge in [-0.3, -0.25) is 9.59 Å². The Balaban J connectivity index is 1.83. The van der Waals surface area contributed by atoms with Gasteiger partial charge < -0.3 is 14.8 Å². The molecule has 7 nitrogen and oxygen atoms in total. The van der Waals surface area contributed by atoms with E-state index in [9.17, 15) is 9.59 Å². The second-order valence-corrected chi connectivity index (χ2v) is 6.28. The van der Waals surface area contributed by atoms with Gasteiger partial charge in [-0.2, -0.15) is 5.10 Å². The molecule has 0 unspecified atom stereocenters. The minimum atomic E-state index is -0.365. The van der Waals surface area contributed by atoms with Crippen molar-refractivity contribution in [3.05, 3.63) is 52.5 Å². The summed E-state index contributed by atoms with van der Waals surface area (Å²) < 4.78 is 11.2. The predicted molar refractivity (Wildman–Crippen MR) is 107 cm³/mol. The number of benzene rings is 2. The van der Waals surface area contributed by atoms with Crippen molar-refractivity contribution in [3.8, 4) is 11.5 Å². The Labute approximate surface area is 165 Å². The Kier molecular flexibility index (Phi) is 7.81. The zero-order valence-corrected chi connectivity index (χ0v) is 16.6. The van der Waals surface area contributed by atoms with Crippen molar-refractivity contribution in [2.75, 3.05) is 19.5 Å². The summed E-state index contributed by atoms with van der Waals surface area (Å²) >= 11 is 3.35. The Morgan fingerprint density at radius 3 is 2.52 bits per heavy atom. The van der Waals surface area contributed by atoms with E-state index in [0.717, 1.165) is 4.47 Å². The molecule has 2 aromatic carbocycles. The molecule has 0 spiro atoms. The lowest BCUT2D eigenvalue weighted by atomic mass is 10.2. The number of methoxy groups -OCH3 is 2. The van der Waals surface area contributed by atoms with E-state index in [1.807, 2.05) is 18.2 Å². The molecular formula is C19H20BrN3O4. The first kappa shape index (κ1) is 20.4. The molecule has 0 aliphatic rings. The maximum absolute atomic E-state index is 11.9. The van der Waals surface area contributed by atoms with Crippen LogP contribution in [0.15, 0.2) is 52.0 Å². The lowest BCUT2D eigenvalue weighted by molar-refractivity contribution is -0.124. The van der Waals surface area contributed by atoms with Crippen LogP contribution in [0.3, 0.4) is 0 Å². The zero-order chi connectivity index (χ0) is 19.6. The highest BCUT2D eigenvalue weighted by Crippen LogP contribution is 2.22. The van der Waals surface area contributed by atoms with E-state index in [1.165, 1.54) is 6.21 Å². The van der Waals surface area contributed by atoms with E-state index in [1.54, 1.807) is 38.5 Å². The zero-order valence-electron chi connectivity index (χ0n) is 15.0. The average molecular weight is 434 g/mol. The standard InChI is InChI=1S/C19H20BrN3O4/c1-26-14-7-8-17(27-2)13(11-14)12-21-23-19(25)10-9-18(24)22-16-6-4-3-5-15(16)20/h3-8,11-12H,9-10H2,1-2H3,(H,22,24)(H,23,25). The van der Waals surface area contributed by atoms with Crippen LogP contribution in [0.5, 0.6) is 11.5 Å². The monoisotopic (exact) mass is 433 g/mol. The van der Waals surface area contributed by atoms with E-state index in [-0.39, 0.29) is 24.7 Å². The maximum Gasteiger partial charge on any atom is 0.240 e. The molecule has 142 valence electrons. The molecule has 0 bridgehead atoms. The molecule has 0 radical (unpaired) electrons. The highest BCUT2D eigenvalue weighted by Gasteiger charge is 2.08. The van der Waals surface area contributed by atoms with Crippen molar-refractivity contribution in [2.45, 2.75) is 12.8 Å². The second kappa shape index (κ2) is 10.3. The lowest BCUT2D eigenvalue weighted by Crippen LogP contribution is -2.20. The van der Waals surface area contributed by atoms with Crippen LogP contribution in [0.1, 0.15) is 18.4 Å². The summed E-state index contributed by atoms with van der Waals surface area (Å²) in [6.45, 7) is 0. The van der Waals surface area contributed by atoms with Crippen LogP contribution < -0.4 is 20.2 Å². The van der Waals surface area contributed by atoms with Crippen molar-refractivity contribution in [1.29, 1.82) is 0 Å². The van der Waals surface area contributed by atoms with Crippen LogP contribution in [-0.4, -0.2) is 32.2 Å². The molecule has 2 aromatic rings. The molecule has 0 fully saturated rings. The van der Waals surface area contributed by atoms with Crippen molar-refractivity contribution < 1.29 is 19.1 Å². The number of rotatable bonds is 8. The Morgan fingerprint density at radius 1 is 1.07 bits per heavy atom. The van der Waals surface area contributed by atoms with Crippen LogP contribution in [0.4, 0.5) is 5.69 Å². The van der Waals surface area contributed by atoms with Gasteiger partial charge in [0, 0.05) is 22.9 Å². The number of anilines is 1. The van der Waals surface area contributed by atoms with E-state index >= 15 is 0 Å². The van der Waals surface area contributed by atoms with Crippen molar-refractivity contribution >= 4 is 39.6 Å². The molecule has 8 heteroatoms. The fraction of sp³-hybridized carbons (Fsp3) is 0.211. The summed E-state index contributed by atoms with van der Waals surface area (Å²) in [6.07, 6.45) is 1.52. The third-order valence-electron chi connectivity index (χ3n) is 3.56. The Morgan fingerprint density at radius 2 is 1.81 bits per heavy atom. The number of ether oxygens (including phenoxy) is 2. The van der Waals surface area contributed by atoms with Gasteiger partial charge in [0.05, 0.1) is 26.1 Å². The van der Waals surface area contributed by atoms with Crippen LogP contribution in [0.2, 0.25) is 0 Å². The molecule has 0 saturated heterocycles. The third kappa shape index (κ3) is 6.41. The first-order valence-corrected chi connectivity index (χ1v) is 8.91. The number of halogens is 1. The van der Waals surface area contributed by atoms with Gasteiger partial charge in [-0.1, -0.05) is 12.1 Å². The molecule has 2 N–H and O–H groups in total. The summed E-state index contributed by atoms with van der Waals surface area (Å²) in [7, 11) is 3.10. The predicted octanol–water partition coefficient (Wildman–Crippen LogP) is 3.34. The van der Waals surface area contributed by atoms with Crippen LogP contribution >= 0.6 is 15.9 Å². The molecule has 0 heterocycles. The maximum atomic E-state index is 11.9. The van der Waals surface area contributed by atoms with Crippen LogP contribution in [-0.2, 0) is 9.59 Å². The van der Waals surface area contributed by atoms with Crippen molar-refractivity contribution in [1.82, 2.24) is 5.43 Å². The number of amides is 2. The first-order chi connectivity index (χ1) is 13.0. The normalized spacial score (nSPS) is 10.5. The van der Waals surface area contributed by atoms with Crippen molar-refractivity contribution in [3.63, 3.8) is 0 Å². The van der Waals surface area contributed by atoms with Gasteiger partial charge in [-0.25, -0.2) is 5.43 Å². The minimum absolute atomic E-state index is 0.0167. The van der Waals surface area contributed by atoms with Crippen molar-refractivity contribution in [2.24, 2.45) is 5.10 Å². The van der Waals surface area contributed by atoms with Gasteiger partial charge in [-0.15, -0.1) is 0 Å². The molecule has 2 amide bonds. The molecule has 0 aliphatic carbocycles. The van der Waals surface area contributed by atoms with E-state index in [4.69, 9.17) is 9.47 Å². The number of nitrogens with one attached hydrogen (secondary N) is 2. The second-order valence-electron chi connectivity index (χ2n) is 5.43. The first-order valence-electron chi connectivity index (χ1n) is 8.11. The number of para-hydroxylation sites is 1. The van der Waals surface area contributed by atoms with Crippen LogP contribution in [0.25, 0.3) is 0 Å². The number of carbonyl (C=O) groups excluding carboxylic acids is 2. The van der Waals surface area contributed by atoms with Gasteiger partial charge in [-0.05, 0) is 46.3 Å². The van der Waals surface area contributed by atoms with Gasteiger partial charge in [0.1, 0.15) is 11.5 Å². The SMILES string of the molecule is COc1ccc(OC)c(C=NNC(=O)CCC(=O)Nc2ccccc2Br)c1. The average Bonchev–Trinajstić information content (AvgIpc) is 2.68. The van der Waals surface area contributed by atoms with Crippen LogP contribution in [0, 0.1) is 0 Å². The fourth-order valence-electron chi connectivity index (χ4n) is 2.17. The molecule has 2 rings (SSSR count). The smallest absolute Gasteiger partial charge is 0.240 e. The van der Waals surface area contributed by atoms with E-state index < -0.39 is 0 Å². The molecule has 27 heavy (non-hydrogen) atoms. The summed E-state index contributed by atoms with van der Waals surface area (Å²) in [5.41, 5.74) is 3.71. The number of hydrogen-bond donors (Lipinski definition) is 2. The Hall–Kier alpha value is -2.87. The third-order valence-corrected chi connectivity index (χ3v) is 4.25. The van der Waals surface area contributed by atoms with Gasteiger partial charge in [0.15, 0.2) is 0 Å². The minimum Gasteiger partial charge on any atom is -0.497 e. The fourth-order valence-corrected chi connectivity index (χ4v) is 2.56. The number of nitrogens with zero attached hydrogens (tertiary/aromatic N) is 1. The molecule has 0 atom stereocenters. The summed E-state index contributed by atoms with van der Waals surface area (Å²) in [6, 6.07) is 12.5. The number of carbonyl (C=O) groups is 2. The van der Waals surface area contributed by atoms with E-state index in [0.29, 0.717) is 22.7 Å². The summed E-state index contributed by atoms with van der Waals surface area (Å²) in [5, 5.41) is 6.64. The number of hydrazone groups is 1. The van der Waals surface area contributed by atoms with Gasteiger partial charge in [0.2, 0.25) is 11.8 Å². The van der Waals surface area contributed by atoms with Gasteiger partial charge >= 0.3 is 0 Å². The number of hydrogen-bond acceptors (Lipinski definition) is 5. The Bertz CT molecular complexity index is 839. The highest BCUT2D eigenvalue weighted by molar-refractivity contribution is 9.10. The molecular weight excluding hydrogens is 414 g/mol. The van der Waals surface area contributed by atoms with Gasteiger partial charge in [0.25, 0.3) is 0 Å².